The van der Waals surface area contributed by atoms with Crippen LogP contribution in [0.5, 0.6) is 11.5 Å². The van der Waals surface area contributed by atoms with Gasteiger partial charge in [0.1, 0.15) is 0 Å². The second kappa shape index (κ2) is 10.8. The maximum absolute atomic E-state index is 12.1. The van der Waals surface area contributed by atoms with Gasteiger partial charge in [-0.3, -0.25) is 4.79 Å². The quantitative estimate of drug-likeness (QED) is 0.503. The summed E-state index contributed by atoms with van der Waals surface area (Å²) < 4.78 is 15.9. The molecule has 0 aliphatic heterocycles. The fraction of sp³-hybridized carbons (Fsp3) is 0.556. The second-order valence-corrected chi connectivity index (χ2v) is 6.38. The molecule has 1 aromatic rings. The first-order valence-electron chi connectivity index (χ1n) is 8.33. The summed E-state index contributed by atoms with van der Waals surface area (Å²) >= 11 is 6.20. The Hall–Kier alpha value is -1.95. The summed E-state index contributed by atoms with van der Waals surface area (Å²) in [5.74, 6) is 0.0499. The van der Waals surface area contributed by atoms with Crippen molar-refractivity contribution in [3.63, 3.8) is 0 Å². The van der Waals surface area contributed by atoms with E-state index in [-0.39, 0.29) is 23.1 Å². The van der Waals surface area contributed by atoms with Crippen LogP contribution in [0.25, 0.3) is 0 Å². The third kappa shape index (κ3) is 7.22. The van der Waals surface area contributed by atoms with Crippen LogP contribution in [0, 0.1) is 5.92 Å². The van der Waals surface area contributed by atoms with E-state index in [1.165, 1.54) is 19.2 Å². The molecule has 0 aliphatic carbocycles. The van der Waals surface area contributed by atoms with Gasteiger partial charge in [-0.2, -0.15) is 0 Å². The van der Waals surface area contributed by atoms with Crippen molar-refractivity contribution in [1.29, 1.82) is 0 Å². The minimum absolute atomic E-state index is 0.195. The van der Waals surface area contributed by atoms with Gasteiger partial charge in [-0.25, -0.2) is 4.79 Å². The Balaban J connectivity index is 2.72. The number of rotatable bonds is 10. The van der Waals surface area contributed by atoms with Crippen molar-refractivity contribution < 1.29 is 23.8 Å². The fourth-order valence-electron chi connectivity index (χ4n) is 1.90. The first-order valence-corrected chi connectivity index (χ1v) is 8.71. The van der Waals surface area contributed by atoms with Gasteiger partial charge in [0.2, 0.25) is 0 Å². The van der Waals surface area contributed by atoms with E-state index >= 15 is 0 Å². The molecule has 0 saturated heterocycles. The van der Waals surface area contributed by atoms with E-state index in [0.29, 0.717) is 30.6 Å². The number of halogens is 1. The van der Waals surface area contributed by atoms with Gasteiger partial charge in [-0.1, -0.05) is 38.8 Å². The van der Waals surface area contributed by atoms with E-state index in [1.54, 1.807) is 0 Å². The number of nitrogens with one attached hydrogen (secondary N) is 1. The monoisotopic (exact) mass is 371 g/mol. The summed E-state index contributed by atoms with van der Waals surface area (Å²) in [5, 5.41) is 2.92. The fourth-order valence-corrected chi connectivity index (χ4v) is 2.16. The summed E-state index contributed by atoms with van der Waals surface area (Å²) in [5.41, 5.74) is 0.195. The first-order chi connectivity index (χ1) is 11.9. The normalized spacial score (nSPS) is 10.5. The van der Waals surface area contributed by atoms with Crippen LogP contribution in [0.3, 0.4) is 0 Å². The van der Waals surface area contributed by atoms with Crippen LogP contribution in [-0.2, 0) is 9.53 Å². The number of hydrogen-bond acceptors (Lipinski definition) is 5. The smallest absolute Gasteiger partial charge is 0.338 e. The Bertz CT molecular complexity index is 589. The lowest BCUT2D eigenvalue weighted by atomic mass is 10.2. The van der Waals surface area contributed by atoms with Crippen molar-refractivity contribution >= 4 is 23.5 Å². The van der Waals surface area contributed by atoms with Crippen molar-refractivity contribution in [3.05, 3.63) is 22.7 Å². The topological polar surface area (TPSA) is 73.9 Å². The number of esters is 1. The van der Waals surface area contributed by atoms with Crippen molar-refractivity contribution in [2.75, 3.05) is 26.9 Å². The van der Waals surface area contributed by atoms with E-state index in [4.69, 9.17) is 25.8 Å². The molecule has 1 aromatic carbocycles. The zero-order valence-electron chi connectivity index (χ0n) is 15.2. The number of unbranched alkanes of at least 4 members (excludes halogenated alkanes) is 1. The van der Waals surface area contributed by atoms with E-state index in [9.17, 15) is 9.59 Å². The molecular weight excluding hydrogens is 346 g/mol. The van der Waals surface area contributed by atoms with Crippen LogP contribution >= 0.6 is 11.6 Å². The molecule has 140 valence electrons. The summed E-state index contributed by atoms with van der Waals surface area (Å²) in [7, 11) is 1.46. The van der Waals surface area contributed by atoms with Gasteiger partial charge in [0.05, 0.1) is 24.3 Å². The highest BCUT2D eigenvalue weighted by atomic mass is 35.5. The van der Waals surface area contributed by atoms with E-state index < -0.39 is 5.97 Å². The van der Waals surface area contributed by atoms with Crippen LogP contribution in [-0.4, -0.2) is 38.7 Å². The average molecular weight is 372 g/mol. The van der Waals surface area contributed by atoms with Crippen LogP contribution in [0.2, 0.25) is 5.02 Å². The predicted molar refractivity (Wildman–Crippen MR) is 96.5 cm³/mol. The average Bonchev–Trinajstić information content (AvgIpc) is 2.57. The molecule has 6 nitrogen and oxygen atoms in total. The molecule has 0 atom stereocenters. The largest absolute Gasteiger partial charge is 0.493 e. The zero-order chi connectivity index (χ0) is 18.8. The number of ether oxygens (including phenoxy) is 3. The SMILES string of the molecule is CCCCNC(=O)COC(=O)c1cc(Cl)c(OCC(C)C)c(OC)c1. The Morgan fingerprint density at radius 2 is 2.00 bits per heavy atom. The Morgan fingerprint density at radius 3 is 2.60 bits per heavy atom. The Labute approximate surface area is 153 Å². The van der Waals surface area contributed by atoms with E-state index in [0.717, 1.165) is 12.8 Å². The third-order valence-electron chi connectivity index (χ3n) is 3.21. The molecule has 1 rings (SSSR count). The van der Waals surface area contributed by atoms with Gasteiger partial charge >= 0.3 is 5.97 Å². The van der Waals surface area contributed by atoms with Gasteiger partial charge in [0, 0.05) is 6.54 Å². The van der Waals surface area contributed by atoms with Gasteiger partial charge in [0.25, 0.3) is 5.91 Å². The van der Waals surface area contributed by atoms with Crippen LogP contribution in [0.4, 0.5) is 0 Å². The molecule has 0 heterocycles. The molecule has 0 bridgehead atoms. The number of methoxy groups -OCH3 is 1. The number of carbonyl (C=O) groups excluding carboxylic acids is 2. The maximum Gasteiger partial charge on any atom is 0.338 e. The van der Waals surface area contributed by atoms with Crippen LogP contribution < -0.4 is 14.8 Å². The zero-order valence-corrected chi connectivity index (χ0v) is 15.9. The van der Waals surface area contributed by atoms with Gasteiger partial charge in [0.15, 0.2) is 18.1 Å². The molecule has 0 saturated carbocycles. The molecule has 7 heteroatoms. The third-order valence-corrected chi connectivity index (χ3v) is 3.49. The predicted octanol–water partition coefficient (Wildman–Crippen LogP) is 3.46. The molecule has 0 unspecified atom stereocenters. The first kappa shape index (κ1) is 21.1. The van der Waals surface area contributed by atoms with Crippen LogP contribution in [0.1, 0.15) is 44.0 Å². The Kier molecular flexibility index (Phi) is 9.13. The molecular formula is C18H26ClNO5. The lowest BCUT2D eigenvalue weighted by Crippen LogP contribution is -2.29. The van der Waals surface area contributed by atoms with Gasteiger partial charge in [-0.05, 0) is 24.5 Å². The lowest BCUT2D eigenvalue weighted by molar-refractivity contribution is -0.124. The summed E-state index contributed by atoms with van der Waals surface area (Å²) in [6.45, 7) is 6.74. The standard InChI is InChI=1S/C18H26ClNO5/c1-5-6-7-20-16(21)11-25-18(22)13-8-14(19)17(15(9-13)23-4)24-10-12(2)3/h8-9,12H,5-7,10-11H2,1-4H3,(H,20,21). The maximum atomic E-state index is 12.1. The molecule has 1 amide bonds. The molecule has 0 spiro atoms. The minimum Gasteiger partial charge on any atom is -0.493 e. The molecule has 0 aromatic heterocycles. The van der Waals surface area contributed by atoms with Crippen LogP contribution in [0.15, 0.2) is 12.1 Å². The van der Waals surface area contributed by atoms with Crippen molar-refractivity contribution in [2.24, 2.45) is 5.92 Å². The van der Waals surface area contributed by atoms with E-state index in [1.807, 2.05) is 20.8 Å². The number of benzene rings is 1. The van der Waals surface area contributed by atoms with Crippen molar-refractivity contribution in [3.8, 4) is 11.5 Å². The molecule has 0 aliphatic rings. The number of carbonyl (C=O) groups is 2. The molecule has 25 heavy (non-hydrogen) atoms. The molecule has 0 fully saturated rings. The van der Waals surface area contributed by atoms with E-state index in [2.05, 4.69) is 5.32 Å². The summed E-state index contributed by atoms with van der Waals surface area (Å²) in [6.07, 6.45) is 1.86. The van der Waals surface area contributed by atoms with Gasteiger partial charge in [-0.15, -0.1) is 0 Å². The number of hydrogen-bond donors (Lipinski definition) is 1. The molecule has 1 N–H and O–H groups in total. The summed E-state index contributed by atoms with van der Waals surface area (Å²) in [6, 6.07) is 2.93. The second-order valence-electron chi connectivity index (χ2n) is 5.97. The summed E-state index contributed by atoms with van der Waals surface area (Å²) in [4.78, 5) is 23.7. The highest BCUT2D eigenvalue weighted by molar-refractivity contribution is 6.32. The molecule has 0 radical (unpaired) electrons. The highest BCUT2D eigenvalue weighted by Gasteiger charge is 2.18. The van der Waals surface area contributed by atoms with Gasteiger partial charge < -0.3 is 19.5 Å². The minimum atomic E-state index is -0.652. The van der Waals surface area contributed by atoms with Crippen molar-refractivity contribution in [2.45, 2.75) is 33.6 Å². The Morgan fingerprint density at radius 1 is 1.28 bits per heavy atom. The van der Waals surface area contributed by atoms with Crippen molar-refractivity contribution in [1.82, 2.24) is 5.32 Å². The lowest BCUT2D eigenvalue weighted by Gasteiger charge is -2.15. The highest BCUT2D eigenvalue weighted by Crippen LogP contribution is 2.36. The number of amides is 1.